The number of pyridine rings is 1. The molecule has 1 aliphatic heterocycles. The van der Waals surface area contributed by atoms with Gasteiger partial charge in [0.25, 0.3) is 0 Å². The Morgan fingerprint density at radius 1 is 1.32 bits per heavy atom. The van der Waals surface area contributed by atoms with E-state index in [-0.39, 0.29) is 12.6 Å². The SMILES string of the molecule is NC(=O)N1CCC[C@H]1COC(=O)c1cccc2ncccc12. The third-order valence-electron chi connectivity index (χ3n) is 3.93. The molecular formula is C16H17N3O3. The summed E-state index contributed by atoms with van der Waals surface area (Å²) in [6, 6.07) is 8.36. The predicted octanol–water partition coefficient (Wildman–Crippen LogP) is 1.93. The molecule has 114 valence electrons. The van der Waals surface area contributed by atoms with Crippen LogP contribution in [0, 0.1) is 0 Å². The third kappa shape index (κ3) is 2.72. The largest absolute Gasteiger partial charge is 0.460 e. The van der Waals surface area contributed by atoms with Crippen molar-refractivity contribution < 1.29 is 14.3 Å². The molecular weight excluding hydrogens is 282 g/mol. The van der Waals surface area contributed by atoms with Crippen LogP contribution in [0.3, 0.4) is 0 Å². The number of ether oxygens (including phenoxy) is 1. The summed E-state index contributed by atoms with van der Waals surface area (Å²) < 4.78 is 5.38. The van der Waals surface area contributed by atoms with Gasteiger partial charge in [0.1, 0.15) is 6.61 Å². The second kappa shape index (κ2) is 6.01. The van der Waals surface area contributed by atoms with Crippen molar-refractivity contribution in [3.63, 3.8) is 0 Å². The molecule has 1 aliphatic rings. The Hall–Kier alpha value is -2.63. The monoisotopic (exact) mass is 299 g/mol. The van der Waals surface area contributed by atoms with Crippen molar-refractivity contribution in [2.24, 2.45) is 5.73 Å². The molecule has 0 saturated carbocycles. The first-order valence-corrected chi connectivity index (χ1v) is 7.24. The Morgan fingerprint density at radius 3 is 3.00 bits per heavy atom. The number of primary amides is 1. The number of hydrogen-bond acceptors (Lipinski definition) is 4. The van der Waals surface area contributed by atoms with Crippen LogP contribution in [0.4, 0.5) is 4.79 Å². The van der Waals surface area contributed by atoms with Gasteiger partial charge in [0.2, 0.25) is 0 Å². The first-order chi connectivity index (χ1) is 10.7. The van der Waals surface area contributed by atoms with Crippen molar-refractivity contribution in [2.45, 2.75) is 18.9 Å². The van der Waals surface area contributed by atoms with E-state index in [1.54, 1.807) is 29.3 Å². The van der Waals surface area contributed by atoms with Gasteiger partial charge in [-0.3, -0.25) is 4.98 Å². The molecule has 2 N–H and O–H groups in total. The molecule has 1 saturated heterocycles. The summed E-state index contributed by atoms with van der Waals surface area (Å²) in [6.45, 7) is 0.786. The van der Waals surface area contributed by atoms with Gasteiger partial charge in [-0.2, -0.15) is 0 Å². The normalized spacial score (nSPS) is 17.6. The number of urea groups is 1. The Balaban J connectivity index is 1.73. The number of aromatic nitrogens is 1. The molecule has 2 amide bonds. The molecule has 2 aromatic rings. The highest BCUT2D eigenvalue weighted by Crippen LogP contribution is 2.20. The molecule has 0 aliphatic carbocycles. The zero-order valence-corrected chi connectivity index (χ0v) is 12.1. The Kier molecular flexibility index (Phi) is 3.91. The number of likely N-dealkylation sites (tertiary alicyclic amines) is 1. The topological polar surface area (TPSA) is 85.5 Å². The lowest BCUT2D eigenvalue weighted by molar-refractivity contribution is 0.0424. The quantitative estimate of drug-likeness (QED) is 0.878. The van der Waals surface area contributed by atoms with Gasteiger partial charge in [0.15, 0.2) is 0 Å². The van der Waals surface area contributed by atoms with Gasteiger partial charge in [-0.05, 0) is 31.0 Å². The Labute approximate surface area is 127 Å². The molecule has 0 bridgehead atoms. The van der Waals surface area contributed by atoms with Crippen LogP contribution < -0.4 is 5.73 Å². The van der Waals surface area contributed by atoms with Crippen molar-refractivity contribution in [1.29, 1.82) is 0 Å². The Bertz CT molecular complexity index is 711. The van der Waals surface area contributed by atoms with Gasteiger partial charge in [-0.25, -0.2) is 9.59 Å². The van der Waals surface area contributed by atoms with Crippen molar-refractivity contribution in [1.82, 2.24) is 9.88 Å². The fourth-order valence-corrected chi connectivity index (χ4v) is 2.83. The summed E-state index contributed by atoms with van der Waals surface area (Å²) in [5.41, 5.74) is 6.55. The van der Waals surface area contributed by atoms with Crippen LogP contribution in [0.1, 0.15) is 23.2 Å². The van der Waals surface area contributed by atoms with Crippen molar-refractivity contribution in [2.75, 3.05) is 13.2 Å². The van der Waals surface area contributed by atoms with Crippen LogP contribution in [0.5, 0.6) is 0 Å². The highest BCUT2D eigenvalue weighted by atomic mass is 16.5. The van der Waals surface area contributed by atoms with Crippen LogP contribution in [0.25, 0.3) is 10.9 Å². The van der Waals surface area contributed by atoms with E-state index in [1.165, 1.54) is 0 Å². The molecule has 0 spiro atoms. The second-order valence-electron chi connectivity index (χ2n) is 5.30. The number of fused-ring (bicyclic) bond motifs is 1. The highest BCUT2D eigenvalue weighted by molar-refractivity contribution is 6.03. The second-order valence-corrected chi connectivity index (χ2v) is 5.30. The summed E-state index contributed by atoms with van der Waals surface area (Å²) >= 11 is 0. The molecule has 3 rings (SSSR count). The van der Waals surface area contributed by atoms with Crippen LogP contribution in [0.2, 0.25) is 0 Å². The molecule has 2 heterocycles. The molecule has 1 fully saturated rings. The first-order valence-electron chi connectivity index (χ1n) is 7.24. The minimum absolute atomic E-state index is 0.130. The van der Waals surface area contributed by atoms with Crippen molar-refractivity contribution in [3.8, 4) is 0 Å². The Morgan fingerprint density at radius 2 is 2.18 bits per heavy atom. The number of nitrogens with two attached hydrogens (primary N) is 1. The van der Waals surface area contributed by atoms with Crippen LogP contribution in [0.15, 0.2) is 36.5 Å². The third-order valence-corrected chi connectivity index (χ3v) is 3.93. The standard InChI is InChI=1S/C16H17N3O3/c17-16(21)19-9-3-4-11(19)10-22-15(20)13-5-1-7-14-12(13)6-2-8-18-14/h1-2,5-8,11H,3-4,9-10H2,(H2,17,21)/t11-/m0/s1. The van der Waals surface area contributed by atoms with E-state index in [4.69, 9.17) is 10.5 Å². The number of nitrogens with zero attached hydrogens (tertiary/aromatic N) is 2. The van der Waals surface area contributed by atoms with E-state index in [0.29, 0.717) is 12.1 Å². The van der Waals surface area contributed by atoms with Gasteiger partial charge in [0, 0.05) is 18.1 Å². The lowest BCUT2D eigenvalue weighted by atomic mass is 10.1. The minimum Gasteiger partial charge on any atom is -0.460 e. The zero-order chi connectivity index (χ0) is 15.5. The van der Waals surface area contributed by atoms with Gasteiger partial charge in [0.05, 0.1) is 17.1 Å². The number of rotatable bonds is 3. The lowest BCUT2D eigenvalue weighted by Crippen LogP contribution is -2.41. The molecule has 1 aromatic heterocycles. The van der Waals surface area contributed by atoms with Crippen LogP contribution >= 0.6 is 0 Å². The molecule has 1 aromatic carbocycles. The summed E-state index contributed by atoms with van der Waals surface area (Å²) in [6.07, 6.45) is 3.36. The maximum atomic E-state index is 12.3. The van der Waals surface area contributed by atoms with Crippen molar-refractivity contribution >= 4 is 22.9 Å². The van der Waals surface area contributed by atoms with Gasteiger partial charge in [-0.15, -0.1) is 0 Å². The number of benzene rings is 1. The van der Waals surface area contributed by atoms with Crippen LogP contribution in [-0.4, -0.2) is 41.1 Å². The van der Waals surface area contributed by atoms with Gasteiger partial charge < -0.3 is 15.4 Å². The van der Waals surface area contributed by atoms with E-state index in [0.717, 1.165) is 23.7 Å². The summed E-state index contributed by atoms with van der Waals surface area (Å²) in [4.78, 5) is 29.4. The van der Waals surface area contributed by atoms with E-state index in [9.17, 15) is 9.59 Å². The van der Waals surface area contributed by atoms with E-state index in [2.05, 4.69) is 4.98 Å². The molecule has 0 radical (unpaired) electrons. The summed E-state index contributed by atoms with van der Waals surface area (Å²) in [5, 5.41) is 0.758. The number of amides is 2. The molecule has 6 heteroatoms. The molecule has 22 heavy (non-hydrogen) atoms. The highest BCUT2D eigenvalue weighted by Gasteiger charge is 2.28. The first kappa shape index (κ1) is 14.3. The van der Waals surface area contributed by atoms with Gasteiger partial charge in [-0.1, -0.05) is 12.1 Å². The number of carbonyl (C=O) groups is 2. The molecule has 0 unspecified atom stereocenters. The number of hydrogen-bond donors (Lipinski definition) is 1. The average molecular weight is 299 g/mol. The zero-order valence-electron chi connectivity index (χ0n) is 12.1. The number of esters is 1. The maximum Gasteiger partial charge on any atom is 0.338 e. The lowest BCUT2D eigenvalue weighted by Gasteiger charge is -2.22. The fraction of sp³-hybridized carbons (Fsp3) is 0.312. The molecule has 6 nitrogen and oxygen atoms in total. The van der Waals surface area contributed by atoms with Crippen molar-refractivity contribution in [3.05, 3.63) is 42.1 Å². The van der Waals surface area contributed by atoms with E-state index in [1.807, 2.05) is 12.1 Å². The fourth-order valence-electron chi connectivity index (χ4n) is 2.83. The maximum absolute atomic E-state index is 12.3. The van der Waals surface area contributed by atoms with E-state index >= 15 is 0 Å². The van der Waals surface area contributed by atoms with Crippen LogP contribution in [-0.2, 0) is 4.74 Å². The van der Waals surface area contributed by atoms with E-state index < -0.39 is 12.0 Å². The number of carbonyl (C=O) groups excluding carboxylic acids is 2. The minimum atomic E-state index is -0.465. The molecule has 1 atom stereocenters. The predicted molar refractivity (Wildman–Crippen MR) is 81.3 cm³/mol. The smallest absolute Gasteiger partial charge is 0.338 e. The average Bonchev–Trinajstić information content (AvgIpc) is 3.01. The summed E-state index contributed by atoms with van der Waals surface area (Å²) in [7, 11) is 0. The summed E-state index contributed by atoms with van der Waals surface area (Å²) in [5.74, 6) is -0.407. The van der Waals surface area contributed by atoms with Gasteiger partial charge >= 0.3 is 12.0 Å².